The van der Waals surface area contributed by atoms with Crippen LogP contribution in [0.5, 0.6) is 0 Å². The molecule has 8 heteroatoms. The van der Waals surface area contributed by atoms with Crippen molar-refractivity contribution in [3.05, 3.63) is 11.1 Å². The third kappa shape index (κ3) is 2.64. The van der Waals surface area contributed by atoms with Crippen LogP contribution in [0.4, 0.5) is 5.13 Å². The van der Waals surface area contributed by atoms with E-state index in [4.69, 9.17) is 10.8 Å². The number of primary amides is 1. The predicted molar refractivity (Wildman–Crippen MR) is 72.0 cm³/mol. The molecule has 20 heavy (non-hydrogen) atoms. The molecule has 7 nitrogen and oxygen atoms in total. The highest BCUT2D eigenvalue weighted by atomic mass is 32.1. The van der Waals surface area contributed by atoms with Gasteiger partial charge in [0.2, 0.25) is 11.8 Å². The molecule has 0 saturated heterocycles. The number of hydrogen-bond acceptors (Lipinski definition) is 5. The number of hydrogen-bond donors (Lipinski definition) is 3. The highest BCUT2D eigenvalue weighted by Gasteiger charge is 2.65. The fraction of sp³-hybridized carbons (Fsp3) is 0.500. The molecule has 108 valence electrons. The van der Waals surface area contributed by atoms with Crippen molar-refractivity contribution < 1.29 is 19.5 Å². The summed E-state index contributed by atoms with van der Waals surface area (Å²) < 4.78 is 0. The van der Waals surface area contributed by atoms with Gasteiger partial charge in [0.1, 0.15) is 0 Å². The van der Waals surface area contributed by atoms with E-state index in [0.717, 1.165) is 0 Å². The normalized spacial score (nSPS) is 23.1. The van der Waals surface area contributed by atoms with E-state index in [1.807, 2.05) is 0 Å². The van der Waals surface area contributed by atoms with E-state index >= 15 is 0 Å². The number of carbonyl (C=O) groups is 3. The van der Waals surface area contributed by atoms with Crippen LogP contribution < -0.4 is 11.1 Å². The van der Waals surface area contributed by atoms with Crippen molar-refractivity contribution >= 4 is 34.3 Å². The molecule has 0 unspecified atom stereocenters. The standard InChI is InChI=1S/C12H15N3O4S/c1-12(2)7(8(12)10(18)19)9(17)15-11-14-5(4-20-11)3-6(13)16/h4,7-8H,3H2,1-2H3,(H2,13,16)(H,18,19)(H,14,15,17)/t7-,8-/m1/s1. The smallest absolute Gasteiger partial charge is 0.307 e. The lowest BCUT2D eigenvalue weighted by atomic mass is 10.1. The molecule has 1 aliphatic rings. The van der Waals surface area contributed by atoms with Crippen molar-refractivity contribution in [3.63, 3.8) is 0 Å². The molecule has 1 saturated carbocycles. The van der Waals surface area contributed by atoms with Crippen LogP contribution in [-0.2, 0) is 20.8 Å². The van der Waals surface area contributed by atoms with E-state index in [2.05, 4.69) is 10.3 Å². The van der Waals surface area contributed by atoms with E-state index in [9.17, 15) is 14.4 Å². The van der Waals surface area contributed by atoms with Gasteiger partial charge in [0.25, 0.3) is 0 Å². The topological polar surface area (TPSA) is 122 Å². The molecule has 1 heterocycles. The molecule has 0 bridgehead atoms. The van der Waals surface area contributed by atoms with Crippen LogP contribution >= 0.6 is 11.3 Å². The Kier molecular flexibility index (Phi) is 3.51. The number of nitrogens with two attached hydrogens (primary N) is 1. The number of carboxylic acid groups (broad SMARTS) is 1. The van der Waals surface area contributed by atoms with Crippen LogP contribution in [0.25, 0.3) is 0 Å². The number of nitrogens with one attached hydrogen (secondary N) is 1. The number of aromatic nitrogens is 1. The van der Waals surface area contributed by atoms with E-state index in [1.54, 1.807) is 19.2 Å². The van der Waals surface area contributed by atoms with Crippen molar-refractivity contribution in [1.82, 2.24) is 4.98 Å². The number of anilines is 1. The summed E-state index contributed by atoms with van der Waals surface area (Å²) in [5.74, 6) is -3.07. The summed E-state index contributed by atoms with van der Waals surface area (Å²) >= 11 is 1.18. The van der Waals surface area contributed by atoms with Gasteiger partial charge in [0.15, 0.2) is 5.13 Å². The second kappa shape index (κ2) is 4.86. The van der Waals surface area contributed by atoms with Crippen LogP contribution in [0.2, 0.25) is 0 Å². The first-order chi connectivity index (χ1) is 9.23. The zero-order valence-electron chi connectivity index (χ0n) is 11.0. The lowest BCUT2D eigenvalue weighted by Crippen LogP contribution is -2.18. The van der Waals surface area contributed by atoms with Crippen LogP contribution in [0.1, 0.15) is 19.5 Å². The maximum atomic E-state index is 12.0. The van der Waals surface area contributed by atoms with Gasteiger partial charge in [-0.1, -0.05) is 13.8 Å². The Morgan fingerprint density at radius 3 is 2.60 bits per heavy atom. The van der Waals surface area contributed by atoms with Gasteiger partial charge in [-0.25, -0.2) is 4.98 Å². The lowest BCUT2D eigenvalue weighted by molar-refractivity contribution is -0.140. The highest BCUT2D eigenvalue weighted by Crippen LogP contribution is 2.58. The van der Waals surface area contributed by atoms with Crippen LogP contribution in [0, 0.1) is 17.3 Å². The Morgan fingerprint density at radius 2 is 2.10 bits per heavy atom. The monoisotopic (exact) mass is 297 g/mol. The third-order valence-electron chi connectivity index (χ3n) is 3.51. The van der Waals surface area contributed by atoms with Crippen LogP contribution in [-0.4, -0.2) is 27.9 Å². The van der Waals surface area contributed by atoms with Crippen LogP contribution in [0.3, 0.4) is 0 Å². The van der Waals surface area contributed by atoms with Gasteiger partial charge in [0.05, 0.1) is 24.0 Å². The summed E-state index contributed by atoms with van der Waals surface area (Å²) in [6.45, 7) is 3.49. The van der Waals surface area contributed by atoms with Gasteiger partial charge in [-0.15, -0.1) is 11.3 Å². The third-order valence-corrected chi connectivity index (χ3v) is 4.32. The zero-order valence-corrected chi connectivity index (χ0v) is 11.9. The number of carboxylic acids is 1. The van der Waals surface area contributed by atoms with Gasteiger partial charge in [-0.2, -0.15) is 0 Å². The van der Waals surface area contributed by atoms with Crippen molar-refractivity contribution in [1.29, 1.82) is 0 Å². The molecule has 4 N–H and O–H groups in total. The Balaban J connectivity index is 2.01. The second-order valence-corrected chi connectivity index (χ2v) is 6.25. The molecule has 1 aromatic heterocycles. The molecule has 0 spiro atoms. The molecule has 1 aliphatic carbocycles. The molecule has 1 aromatic rings. The number of rotatable bonds is 5. The quantitative estimate of drug-likeness (QED) is 0.729. The highest BCUT2D eigenvalue weighted by molar-refractivity contribution is 7.13. The Morgan fingerprint density at radius 1 is 1.45 bits per heavy atom. The number of carbonyl (C=O) groups excluding carboxylic acids is 2. The maximum Gasteiger partial charge on any atom is 0.307 e. The molecular formula is C12H15N3O4S. The van der Waals surface area contributed by atoms with Gasteiger partial charge >= 0.3 is 5.97 Å². The number of amides is 2. The fourth-order valence-electron chi connectivity index (χ4n) is 2.40. The predicted octanol–water partition coefficient (Wildman–Crippen LogP) is 0.466. The molecule has 2 atom stereocenters. The summed E-state index contributed by atoms with van der Waals surface area (Å²) in [7, 11) is 0. The van der Waals surface area contributed by atoms with Crippen LogP contribution in [0.15, 0.2) is 5.38 Å². The summed E-state index contributed by atoms with van der Waals surface area (Å²) in [6, 6.07) is 0. The summed E-state index contributed by atoms with van der Waals surface area (Å²) in [5.41, 5.74) is 4.99. The Hall–Kier alpha value is -1.96. The minimum absolute atomic E-state index is 0.0129. The Bertz CT molecular complexity index is 581. The first-order valence-corrected chi connectivity index (χ1v) is 6.88. The minimum atomic E-state index is -0.969. The SMILES string of the molecule is CC1(C)[C@@H](C(=O)O)[C@@H]1C(=O)Nc1nc(CC(N)=O)cs1. The van der Waals surface area contributed by atoms with Gasteiger partial charge in [-0.05, 0) is 5.41 Å². The molecule has 1 fully saturated rings. The average Bonchev–Trinajstić information content (AvgIpc) is 2.63. The van der Waals surface area contributed by atoms with E-state index < -0.39 is 29.1 Å². The zero-order chi connectivity index (χ0) is 15.1. The molecule has 0 aliphatic heterocycles. The summed E-state index contributed by atoms with van der Waals surface area (Å²) in [5, 5.41) is 13.6. The van der Waals surface area contributed by atoms with E-state index in [-0.39, 0.29) is 12.3 Å². The number of thiazole rings is 1. The molecule has 0 radical (unpaired) electrons. The number of nitrogens with zero attached hydrogens (tertiary/aromatic N) is 1. The summed E-state index contributed by atoms with van der Waals surface area (Å²) in [4.78, 5) is 37.9. The molecule has 2 amide bonds. The van der Waals surface area contributed by atoms with Crippen molar-refractivity contribution in [2.75, 3.05) is 5.32 Å². The van der Waals surface area contributed by atoms with E-state index in [0.29, 0.717) is 10.8 Å². The first kappa shape index (κ1) is 14.4. The fourth-order valence-corrected chi connectivity index (χ4v) is 3.11. The number of aliphatic carboxylic acids is 1. The minimum Gasteiger partial charge on any atom is -0.481 e. The first-order valence-electron chi connectivity index (χ1n) is 6.00. The lowest BCUT2D eigenvalue weighted by Gasteiger charge is -2.02. The molecular weight excluding hydrogens is 282 g/mol. The molecule has 2 rings (SSSR count). The van der Waals surface area contributed by atoms with Gasteiger partial charge < -0.3 is 16.2 Å². The second-order valence-electron chi connectivity index (χ2n) is 5.39. The van der Waals surface area contributed by atoms with Crippen molar-refractivity contribution in [2.45, 2.75) is 20.3 Å². The Labute approximate surface area is 119 Å². The van der Waals surface area contributed by atoms with Crippen molar-refractivity contribution in [3.8, 4) is 0 Å². The summed E-state index contributed by atoms with van der Waals surface area (Å²) in [6.07, 6.45) is 0.0129. The average molecular weight is 297 g/mol. The van der Waals surface area contributed by atoms with Gasteiger partial charge in [-0.3, -0.25) is 14.4 Å². The maximum absolute atomic E-state index is 12.0. The van der Waals surface area contributed by atoms with Gasteiger partial charge in [0, 0.05) is 5.38 Å². The largest absolute Gasteiger partial charge is 0.481 e. The van der Waals surface area contributed by atoms with E-state index in [1.165, 1.54) is 11.3 Å². The van der Waals surface area contributed by atoms with Crippen molar-refractivity contribution in [2.24, 2.45) is 23.0 Å². The molecule has 0 aromatic carbocycles.